The number of nitrogens with two attached hydrogens (primary N) is 1. The summed E-state index contributed by atoms with van der Waals surface area (Å²) in [4.78, 5) is 12.1. The van der Waals surface area contributed by atoms with Gasteiger partial charge in [-0.25, -0.2) is 8.78 Å². The van der Waals surface area contributed by atoms with Crippen LogP contribution in [-0.4, -0.2) is 5.78 Å². The lowest BCUT2D eigenvalue weighted by Crippen LogP contribution is -2.07. The highest BCUT2D eigenvalue weighted by atomic mass is 35.5. The second kappa shape index (κ2) is 5.15. The number of anilines is 1. The molecule has 2 aromatic carbocycles. The van der Waals surface area contributed by atoms with Gasteiger partial charge in [-0.05, 0) is 24.3 Å². The average Bonchev–Trinajstić information content (AvgIpc) is 2.33. The number of rotatable bonds is 2. The Labute approximate surface area is 117 Å². The molecule has 19 heavy (non-hydrogen) atoms. The highest BCUT2D eigenvalue weighted by molar-refractivity contribution is 6.37. The van der Waals surface area contributed by atoms with Gasteiger partial charge < -0.3 is 5.73 Å². The number of ketones is 1. The van der Waals surface area contributed by atoms with Crippen LogP contribution < -0.4 is 5.73 Å². The fourth-order valence-corrected chi connectivity index (χ4v) is 2.05. The third-order valence-corrected chi connectivity index (χ3v) is 3.05. The molecule has 0 unspecified atom stereocenters. The molecule has 6 heteroatoms. The molecule has 0 fully saturated rings. The van der Waals surface area contributed by atoms with Crippen LogP contribution in [0.25, 0.3) is 0 Å². The maximum Gasteiger partial charge on any atom is 0.197 e. The largest absolute Gasteiger partial charge is 0.396 e. The van der Waals surface area contributed by atoms with Crippen molar-refractivity contribution in [3.05, 3.63) is 63.1 Å². The Morgan fingerprint density at radius 3 is 2.32 bits per heavy atom. The summed E-state index contributed by atoms with van der Waals surface area (Å²) in [6.07, 6.45) is 0. The van der Waals surface area contributed by atoms with E-state index in [1.807, 2.05) is 0 Å². The lowest BCUT2D eigenvalue weighted by atomic mass is 10.0. The number of benzene rings is 2. The molecule has 0 aliphatic carbocycles. The number of carbonyl (C=O) groups is 1. The zero-order valence-corrected chi connectivity index (χ0v) is 10.9. The van der Waals surface area contributed by atoms with E-state index in [9.17, 15) is 13.6 Å². The standard InChI is InChI=1S/C13H7Cl2F2NO/c14-6-1-2-7(9(15)3-6)13(19)8-4-12(18)11(17)5-10(8)16/h1-5H,18H2. The second-order valence-electron chi connectivity index (χ2n) is 3.81. The molecule has 2 rings (SSSR count). The van der Waals surface area contributed by atoms with Crippen molar-refractivity contribution < 1.29 is 13.6 Å². The van der Waals surface area contributed by atoms with Crippen molar-refractivity contribution in [2.45, 2.75) is 0 Å². The van der Waals surface area contributed by atoms with Gasteiger partial charge in [0, 0.05) is 16.7 Å². The predicted molar refractivity (Wildman–Crippen MR) is 70.7 cm³/mol. The minimum Gasteiger partial charge on any atom is -0.396 e. The summed E-state index contributed by atoms with van der Waals surface area (Å²) in [5.74, 6) is -2.61. The van der Waals surface area contributed by atoms with Gasteiger partial charge in [0.05, 0.1) is 16.3 Å². The van der Waals surface area contributed by atoms with E-state index in [2.05, 4.69) is 0 Å². The van der Waals surface area contributed by atoms with E-state index < -0.39 is 17.4 Å². The molecule has 0 aromatic heterocycles. The molecule has 0 spiro atoms. The quantitative estimate of drug-likeness (QED) is 0.671. The Kier molecular flexibility index (Phi) is 3.73. The molecule has 0 atom stereocenters. The lowest BCUT2D eigenvalue weighted by Gasteiger charge is -2.07. The Bertz CT molecular complexity index is 674. The molecule has 0 bridgehead atoms. The maximum atomic E-state index is 13.6. The van der Waals surface area contributed by atoms with Crippen LogP contribution in [-0.2, 0) is 0 Å². The van der Waals surface area contributed by atoms with Crippen molar-refractivity contribution in [2.75, 3.05) is 5.73 Å². The van der Waals surface area contributed by atoms with Crippen LogP contribution in [0.15, 0.2) is 30.3 Å². The van der Waals surface area contributed by atoms with Crippen molar-refractivity contribution in [1.29, 1.82) is 0 Å². The van der Waals surface area contributed by atoms with E-state index >= 15 is 0 Å². The molecule has 2 aromatic rings. The first kappa shape index (κ1) is 13.8. The summed E-state index contributed by atoms with van der Waals surface area (Å²) >= 11 is 11.6. The van der Waals surface area contributed by atoms with Crippen molar-refractivity contribution in [1.82, 2.24) is 0 Å². The van der Waals surface area contributed by atoms with Crippen LogP contribution in [0.1, 0.15) is 15.9 Å². The van der Waals surface area contributed by atoms with Gasteiger partial charge in [-0.2, -0.15) is 0 Å². The summed E-state index contributed by atoms with van der Waals surface area (Å²) in [7, 11) is 0. The monoisotopic (exact) mass is 301 g/mol. The Morgan fingerprint density at radius 1 is 1.00 bits per heavy atom. The van der Waals surface area contributed by atoms with Crippen LogP contribution in [0.4, 0.5) is 14.5 Å². The predicted octanol–water partition coefficient (Wildman–Crippen LogP) is 4.08. The molecular weight excluding hydrogens is 295 g/mol. The second-order valence-corrected chi connectivity index (χ2v) is 4.65. The third-order valence-electron chi connectivity index (χ3n) is 2.51. The van der Waals surface area contributed by atoms with E-state index in [0.717, 1.165) is 6.07 Å². The zero-order valence-electron chi connectivity index (χ0n) is 9.38. The third kappa shape index (κ3) is 2.69. The summed E-state index contributed by atoms with van der Waals surface area (Å²) in [5.41, 5.74) is 4.73. The van der Waals surface area contributed by atoms with Crippen LogP contribution in [0.3, 0.4) is 0 Å². The molecule has 0 aliphatic heterocycles. The first-order valence-corrected chi connectivity index (χ1v) is 5.90. The molecule has 0 aliphatic rings. The molecule has 0 radical (unpaired) electrons. The van der Waals surface area contributed by atoms with Crippen LogP contribution in [0.2, 0.25) is 10.0 Å². The summed E-state index contributed by atoms with van der Waals surface area (Å²) in [5, 5.41) is 0.431. The van der Waals surface area contributed by atoms with Gasteiger partial charge in [0.25, 0.3) is 0 Å². The van der Waals surface area contributed by atoms with E-state index in [0.29, 0.717) is 11.1 Å². The molecule has 2 N–H and O–H groups in total. The lowest BCUT2D eigenvalue weighted by molar-refractivity contribution is 0.103. The van der Waals surface area contributed by atoms with Crippen molar-refractivity contribution in [3.8, 4) is 0 Å². The van der Waals surface area contributed by atoms with Gasteiger partial charge in [0.2, 0.25) is 0 Å². The van der Waals surface area contributed by atoms with E-state index in [1.165, 1.54) is 18.2 Å². The van der Waals surface area contributed by atoms with Gasteiger partial charge in [-0.1, -0.05) is 23.2 Å². The van der Waals surface area contributed by atoms with Gasteiger partial charge in [-0.3, -0.25) is 4.79 Å². The van der Waals surface area contributed by atoms with Crippen LogP contribution in [0.5, 0.6) is 0 Å². The summed E-state index contributed by atoms with van der Waals surface area (Å²) in [6, 6.07) is 5.68. The van der Waals surface area contributed by atoms with Gasteiger partial charge in [0.1, 0.15) is 11.6 Å². The number of hydrogen-bond acceptors (Lipinski definition) is 2. The molecule has 0 saturated carbocycles. The first-order chi connectivity index (χ1) is 8.90. The van der Waals surface area contributed by atoms with E-state index in [-0.39, 0.29) is 21.8 Å². The van der Waals surface area contributed by atoms with Crippen LogP contribution in [0, 0.1) is 11.6 Å². The smallest absolute Gasteiger partial charge is 0.197 e. The minimum absolute atomic E-state index is 0.0657. The Balaban J connectivity index is 2.53. The van der Waals surface area contributed by atoms with Crippen molar-refractivity contribution in [2.24, 2.45) is 0 Å². The molecule has 98 valence electrons. The number of carbonyl (C=O) groups excluding carboxylic acids is 1. The molecule has 0 saturated heterocycles. The average molecular weight is 302 g/mol. The number of nitrogen functional groups attached to an aromatic ring is 1. The van der Waals surface area contributed by atoms with Crippen molar-refractivity contribution in [3.63, 3.8) is 0 Å². The SMILES string of the molecule is Nc1cc(C(=O)c2ccc(Cl)cc2Cl)c(F)cc1F. The topological polar surface area (TPSA) is 43.1 Å². The zero-order chi connectivity index (χ0) is 14.2. The maximum absolute atomic E-state index is 13.6. The molecule has 0 heterocycles. The van der Waals surface area contributed by atoms with Gasteiger partial charge >= 0.3 is 0 Å². The fourth-order valence-electron chi connectivity index (χ4n) is 1.56. The highest BCUT2D eigenvalue weighted by Crippen LogP contribution is 2.26. The van der Waals surface area contributed by atoms with E-state index in [1.54, 1.807) is 0 Å². The summed E-state index contributed by atoms with van der Waals surface area (Å²) in [6.45, 7) is 0. The molecule has 2 nitrogen and oxygen atoms in total. The highest BCUT2D eigenvalue weighted by Gasteiger charge is 2.19. The Hall–Kier alpha value is -1.65. The normalized spacial score (nSPS) is 10.5. The summed E-state index contributed by atoms with van der Waals surface area (Å²) < 4.78 is 26.6. The molecule has 0 amide bonds. The Morgan fingerprint density at radius 2 is 1.68 bits per heavy atom. The first-order valence-electron chi connectivity index (χ1n) is 5.14. The van der Waals surface area contributed by atoms with Gasteiger partial charge in [0.15, 0.2) is 5.78 Å². The molecular formula is C13H7Cl2F2NO. The van der Waals surface area contributed by atoms with Crippen molar-refractivity contribution >= 4 is 34.7 Å². The van der Waals surface area contributed by atoms with E-state index in [4.69, 9.17) is 28.9 Å². The fraction of sp³-hybridized carbons (Fsp3) is 0. The number of halogens is 4. The van der Waals surface area contributed by atoms with Gasteiger partial charge in [-0.15, -0.1) is 0 Å². The van der Waals surface area contributed by atoms with Crippen LogP contribution >= 0.6 is 23.2 Å². The minimum atomic E-state index is -0.997. The number of hydrogen-bond donors (Lipinski definition) is 1.